The molecule has 31 heavy (non-hydrogen) atoms. The molecule has 4 heteroatoms. The van der Waals surface area contributed by atoms with Crippen LogP contribution >= 0.6 is 11.8 Å². The quantitative estimate of drug-likeness (QED) is 0.159. The van der Waals surface area contributed by atoms with Gasteiger partial charge >= 0.3 is 0 Å². The number of rotatable bonds is 23. The Kier molecular flexibility index (Phi) is 22.2. The van der Waals surface area contributed by atoms with Crippen LogP contribution in [0.15, 0.2) is 0 Å². The Morgan fingerprint density at radius 3 is 1.71 bits per heavy atom. The third-order valence-corrected chi connectivity index (χ3v) is 7.59. The molecule has 0 heterocycles. The van der Waals surface area contributed by atoms with Crippen molar-refractivity contribution in [3.05, 3.63) is 0 Å². The monoisotopic (exact) mass is 460 g/mol. The number of ether oxygens (including phenoxy) is 2. The SMILES string of the molecule is COC(COCCC(C)CCCC(C)CCCC(C)CCCC(C)C)CSCCCO. The smallest absolute Gasteiger partial charge is 0.0894 e. The lowest BCUT2D eigenvalue weighted by Gasteiger charge is -2.17. The van der Waals surface area contributed by atoms with Crippen LogP contribution in [0.1, 0.15) is 105 Å². The molecular formula is C27H56O3S. The van der Waals surface area contributed by atoms with Crippen LogP contribution in [0.4, 0.5) is 0 Å². The lowest BCUT2D eigenvalue weighted by atomic mass is 9.91. The predicted molar refractivity (Wildman–Crippen MR) is 139 cm³/mol. The van der Waals surface area contributed by atoms with Crippen LogP contribution in [0.3, 0.4) is 0 Å². The van der Waals surface area contributed by atoms with Gasteiger partial charge in [0.25, 0.3) is 0 Å². The Balaban J connectivity index is 3.61. The molecule has 0 saturated heterocycles. The minimum Gasteiger partial charge on any atom is -0.396 e. The van der Waals surface area contributed by atoms with E-state index in [0.717, 1.165) is 54.6 Å². The van der Waals surface area contributed by atoms with Gasteiger partial charge in [0.05, 0.1) is 12.7 Å². The Labute approximate surface area is 199 Å². The van der Waals surface area contributed by atoms with Gasteiger partial charge in [0.1, 0.15) is 0 Å². The van der Waals surface area contributed by atoms with Gasteiger partial charge in [0.15, 0.2) is 0 Å². The third-order valence-electron chi connectivity index (χ3n) is 6.41. The highest BCUT2D eigenvalue weighted by atomic mass is 32.2. The number of thioether (sulfide) groups is 1. The van der Waals surface area contributed by atoms with Gasteiger partial charge in [-0.3, -0.25) is 0 Å². The van der Waals surface area contributed by atoms with Gasteiger partial charge in [0, 0.05) is 26.1 Å². The first-order valence-electron chi connectivity index (χ1n) is 13.2. The van der Waals surface area contributed by atoms with Crippen LogP contribution in [-0.4, -0.2) is 49.6 Å². The fourth-order valence-corrected chi connectivity index (χ4v) is 5.00. The summed E-state index contributed by atoms with van der Waals surface area (Å²) in [5, 5.41) is 8.83. The molecule has 0 aliphatic heterocycles. The van der Waals surface area contributed by atoms with E-state index in [0.29, 0.717) is 6.61 Å². The second-order valence-electron chi connectivity index (χ2n) is 10.4. The zero-order valence-corrected chi connectivity index (χ0v) is 22.7. The molecule has 0 saturated carbocycles. The number of hydrogen-bond acceptors (Lipinski definition) is 4. The lowest BCUT2D eigenvalue weighted by molar-refractivity contribution is 0.0171. The number of aliphatic hydroxyl groups excluding tert-OH is 1. The Morgan fingerprint density at radius 1 is 0.710 bits per heavy atom. The topological polar surface area (TPSA) is 38.7 Å². The van der Waals surface area contributed by atoms with Gasteiger partial charge in [0.2, 0.25) is 0 Å². The molecule has 0 aromatic carbocycles. The molecule has 0 aliphatic rings. The largest absolute Gasteiger partial charge is 0.396 e. The van der Waals surface area contributed by atoms with Crippen LogP contribution in [0.5, 0.6) is 0 Å². The first-order valence-corrected chi connectivity index (χ1v) is 14.3. The number of methoxy groups -OCH3 is 1. The number of aliphatic hydroxyl groups is 1. The average molecular weight is 461 g/mol. The second kappa shape index (κ2) is 22.0. The maximum atomic E-state index is 8.83. The van der Waals surface area contributed by atoms with E-state index in [2.05, 4.69) is 34.6 Å². The summed E-state index contributed by atoms with van der Waals surface area (Å²) in [5.74, 6) is 5.31. The molecule has 0 fully saturated rings. The van der Waals surface area contributed by atoms with Crippen molar-refractivity contribution >= 4 is 11.8 Å². The van der Waals surface area contributed by atoms with Crippen molar-refractivity contribution in [1.82, 2.24) is 0 Å². The van der Waals surface area contributed by atoms with E-state index in [1.807, 2.05) is 11.8 Å². The summed E-state index contributed by atoms with van der Waals surface area (Å²) in [5.41, 5.74) is 0. The Bertz CT molecular complexity index is 364. The molecular weight excluding hydrogens is 404 g/mol. The molecule has 0 rings (SSSR count). The van der Waals surface area contributed by atoms with E-state index in [4.69, 9.17) is 14.6 Å². The van der Waals surface area contributed by atoms with Crippen molar-refractivity contribution < 1.29 is 14.6 Å². The van der Waals surface area contributed by atoms with Crippen molar-refractivity contribution in [2.45, 2.75) is 111 Å². The van der Waals surface area contributed by atoms with E-state index in [9.17, 15) is 0 Å². The van der Waals surface area contributed by atoms with Crippen LogP contribution in [-0.2, 0) is 9.47 Å². The first kappa shape index (κ1) is 31.2. The van der Waals surface area contributed by atoms with Gasteiger partial charge in [-0.2, -0.15) is 11.8 Å². The highest BCUT2D eigenvalue weighted by molar-refractivity contribution is 7.99. The highest BCUT2D eigenvalue weighted by Crippen LogP contribution is 2.22. The van der Waals surface area contributed by atoms with Crippen molar-refractivity contribution in [3.63, 3.8) is 0 Å². The van der Waals surface area contributed by atoms with Gasteiger partial charge in [-0.25, -0.2) is 0 Å². The Morgan fingerprint density at radius 2 is 1.23 bits per heavy atom. The van der Waals surface area contributed by atoms with Gasteiger partial charge < -0.3 is 14.6 Å². The second-order valence-corrected chi connectivity index (χ2v) is 11.5. The van der Waals surface area contributed by atoms with Crippen molar-refractivity contribution in [2.75, 3.05) is 38.4 Å². The normalized spacial score (nSPS) is 15.9. The molecule has 188 valence electrons. The fraction of sp³-hybridized carbons (Fsp3) is 1.00. The summed E-state index contributed by atoms with van der Waals surface area (Å²) in [4.78, 5) is 0. The summed E-state index contributed by atoms with van der Waals surface area (Å²) >= 11 is 1.83. The van der Waals surface area contributed by atoms with E-state index in [1.54, 1.807) is 7.11 Å². The predicted octanol–water partition coefficient (Wildman–Crippen LogP) is 7.60. The standard InChI is InChI=1S/C27H56O3S/c1-23(2)11-7-12-24(3)13-8-14-25(4)15-9-16-26(5)17-19-30-21-27(29-6)22-31-20-10-18-28/h23-28H,7-22H2,1-6H3. The van der Waals surface area contributed by atoms with Gasteiger partial charge in [-0.15, -0.1) is 0 Å². The molecule has 0 spiro atoms. The molecule has 1 N–H and O–H groups in total. The van der Waals surface area contributed by atoms with Crippen molar-refractivity contribution in [3.8, 4) is 0 Å². The molecule has 3 nitrogen and oxygen atoms in total. The van der Waals surface area contributed by atoms with Gasteiger partial charge in [-0.05, 0) is 42.3 Å². The lowest BCUT2D eigenvalue weighted by Crippen LogP contribution is -2.22. The fourth-order valence-electron chi connectivity index (χ4n) is 4.00. The van der Waals surface area contributed by atoms with E-state index in [1.165, 1.54) is 57.8 Å². The first-order chi connectivity index (χ1) is 14.9. The summed E-state index contributed by atoms with van der Waals surface area (Å²) < 4.78 is 11.4. The highest BCUT2D eigenvalue weighted by Gasteiger charge is 2.10. The minimum absolute atomic E-state index is 0.165. The molecule has 0 amide bonds. The van der Waals surface area contributed by atoms with E-state index >= 15 is 0 Å². The van der Waals surface area contributed by atoms with Crippen LogP contribution in [0.2, 0.25) is 0 Å². The van der Waals surface area contributed by atoms with Crippen molar-refractivity contribution in [1.29, 1.82) is 0 Å². The molecule has 4 atom stereocenters. The molecule has 0 aliphatic carbocycles. The molecule has 0 aromatic heterocycles. The van der Waals surface area contributed by atoms with Crippen LogP contribution < -0.4 is 0 Å². The zero-order chi connectivity index (χ0) is 23.3. The minimum atomic E-state index is 0.165. The summed E-state index contributed by atoms with van der Waals surface area (Å²) in [6.45, 7) is 13.7. The molecule has 0 radical (unpaired) electrons. The molecule has 0 bridgehead atoms. The maximum absolute atomic E-state index is 8.83. The van der Waals surface area contributed by atoms with Crippen molar-refractivity contribution in [2.24, 2.45) is 23.7 Å². The third kappa shape index (κ3) is 21.8. The summed E-state index contributed by atoms with van der Waals surface area (Å²) in [6, 6.07) is 0. The summed E-state index contributed by atoms with van der Waals surface area (Å²) in [7, 11) is 1.76. The maximum Gasteiger partial charge on any atom is 0.0894 e. The molecule has 4 unspecified atom stereocenters. The van der Waals surface area contributed by atoms with Gasteiger partial charge in [-0.1, -0.05) is 92.4 Å². The molecule has 0 aromatic rings. The average Bonchev–Trinajstić information content (AvgIpc) is 2.72. The van der Waals surface area contributed by atoms with Crippen LogP contribution in [0, 0.1) is 23.7 Å². The Hall–Kier alpha value is 0.230. The van der Waals surface area contributed by atoms with Crippen LogP contribution in [0.25, 0.3) is 0 Å². The number of hydrogen-bond donors (Lipinski definition) is 1. The zero-order valence-electron chi connectivity index (χ0n) is 21.9. The van der Waals surface area contributed by atoms with E-state index in [-0.39, 0.29) is 12.7 Å². The van der Waals surface area contributed by atoms with E-state index < -0.39 is 0 Å². The summed E-state index contributed by atoms with van der Waals surface area (Å²) in [6.07, 6.45) is 14.7.